The Balaban J connectivity index is 1.69. The van der Waals surface area contributed by atoms with Gasteiger partial charge in [0.2, 0.25) is 5.91 Å². The lowest BCUT2D eigenvalue weighted by atomic mass is 9.75. The third kappa shape index (κ3) is 4.60. The van der Waals surface area contributed by atoms with Gasteiger partial charge in [-0.05, 0) is 37.5 Å². The minimum absolute atomic E-state index is 0.0103. The quantitative estimate of drug-likeness (QED) is 0.696. The molecule has 1 aliphatic carbocycles. The SMILES string of the molecule is CCCNC(=O)CCNC(=O)N[C@H]1CCCC12CCOCC2. The maximum atomic E-state index is 12.0. The van der Waals surface area contributed by atoms with Crippen LogP contribution in [-0.2, 0) is 9.53 Å². The van der Waals surface area contributed by atoms with E-state index in [-0.39, 0.29) is 23.4 Å². The van der Waals surface area contributed by atoms with Gasteiger partial charge in [-0.15, -0.1) is 0 Å². The Hall–Kier alpha value is -1.30. The molecule has 2 aliphatic rings. The van der Waals surface area contributed by atoms with Gasteiger partial charge in [-0.25, -0.2) is 4.79 Å². The highest BCUT2D eigenvalue weighted by atomic mass is 16.5. The van der Waals surface area contributed by atoms with E-state index in [0.29, 0.717) is 19.5 Å². The van der Waals surface area contributed by atoms with Crippen LogP contribution in [0.5, 0.6) is 0 Å². The predicted molar refractivity (Wildman–Crippen MR) is 84.6 cm³/mol. The van der Waals surface area contributed by atoms with Crippen LogP contribution in [0.4, 0.5) is 4.79 Å². The van der Waals surface area contributed by atoms with Crippen molar-refractivity contribution in [2.45, 2.75) is 57.9 Å². The van der Waals surface area contributed by atoms with Crippen molar-refractivity contribution < 1.29 is 14.3 Å². The Morgan fingerprint density at radius 2 is 1.91 bits per heavy atom. The lowest BCUT2D eigenvalue weighted by Gasteiger charge is -2.39. The summed E-state index contributed by atoms with van der Waals surface area (Å²) >= 11 is 0. The van der Waals surface area contributed by atoms with Crippen molar-refractivity contribution in [1.82, 2.24) is 16.0 Å². The van der Waals surface area contributed by atoms with Gasteiger partial charge in [-0.3, -0.25) is 4.79 Å². The Morgan fingerprint density at radius 1 is 1.14 bits per heavy atom. The van der Waals surface area contributed by atoms with Gasteiger partial charge in [0, 0.05) is 38.8 Å². The van der Waals surface area contributed by atoms with Crippen molar-refractivity contribution in [2.24, 2.45) is 5.41 Å². The fraction of sp³-hybridized carbons (Fsp3) is 0.875. The number of amides is 3. The first-order valence-corrected chi connectivity index (χ1v) is 8.55. The number of hydrogen-bond acceptors (Lipinski definition) is 3. The van der Waals surface area contributed by atoms with Gasteiger partial charge in [-0.2, -0.15) is 0 Å². The minimum atomic E-state index is -0.152. The predicted octanol–water partition coefficient (Wildman–Crippen LogP) is 1.55. The van der Waals surface area contributed by atoms with Crippen LogP contribution in [0, 0.1) is 5.41 Å². The molecule has 0 unspecified atom stereocenters. The Kier molecular flexibility index (Phi) is 6.49. The zero-order valence-corrected chi connectivity index (χ0v) is 13.6. The highest BCUT2D eigenvalue weighted by Crippen LogP contribution is 2.45. The normalized spacial score (nSPS) is 23.2. The lowest BCUT2D eigenvalue weighted by molar-refractivity contribution is -0.120. The van der Waals surface area contributed by atoms with Gasteiger partial charge in [-0.1, -0.05) is 13.3 Å². The van der Waals surface area contributed by atoms with E-state index in [9.17, 15) is 9.59 Å². The molecule has 3 amide bonds. The van der Waals surface area contributed by atoms with Gasteiger partial charge >= 0.3 is 6.03 Å². The molecule has 1 atom stereocenters. The number of ether oxygens (including phenoxy) is 1. The number of rotatable bonds is 6. The molecule has 0 radical (unpaired) electrons. The average Bonchev–Trinajstić information content (AvgIpc) is 2.88. The third-order valence-electron chi connectivity index (χ3n) is 4.91. The summed E-state index contributed by atoms with van der Waals surface area (Å²) < 4.78 is 5.46. The summed E-state index contributed by atoms with van der Waals surface area (Å²) in [5.41, 5.74) is 0.230. The summed E-state index contributed by atoms with van der Waals surface area (Å²) in [6, 6.07) is 0.0892. The number of hydrogen-bond donors (Lipinski definition) is 3. The number of carbonyl (C=O) groups is 2. The summed E-state index contributed by atoms with van der Waals surface area (Å²) in [4.78, 5) is 23.5. The maximum absolute atomic E-state index is 12.0. The molecular weight excluding hydrogens is 282 g/mol. The van der Waals surface area contributed by atoms with E-state index in [1.54, 1.807) is 0 Å². The molecule has 1 spiro atoms. The molecule has 1 saturated heterocycles. The molecule has 6 nitrogen and oxygen atoms in total. The second-order valence-electron chi connectivity index (χ2n) is 6.42. The van der Waals surface area contributed by atoms with Crippen LogP contribution in [0.3, 0.4) is 0 Å². The molecule has 0 bridgehead atoms. The van der Waals surface area contributed by atoms with Crippen molar-refractivity contribution in [3.8, 4) is 0 Å². The monoisotopic (exact) mass is 311 g/mol. The van der Waals surface area contributed by atoms with E-state index in [2.05, 4.69) is 16.0 Å². The van der Waals surface area contributed by atoms with Crippen molar-refractivity contribution in [2.75, 3.05) is 26.3 Å². The molecule has 126 valence electrons. The largest absolute Gasteiger partial charge is 0.381 e. The highest BCUT2D eigenvalue weighted by molar-refractivity contribution is 5.78. The average molecular weight is 311 g/mol. The van der Waals surface area contributed by atoms with Crippen LogP contribution in [0.25, 0.3) is 0 Å². The van der Waals surface area contributed by atoms with Crippen molar-refractivity contribution in [3.63, 3.8) is 0 Å². The molecular formula is C16H29N3O3. The first kappa shape index (κ1) is 17.1. The van der Waals surface area contributed by atoms with E-state index < -0.39 is 0 Å². The summed E-state index contributed by atoms with van der Waals surface area (Å²) in [7, 11) is 0. The van der Waals surface area contributed by atoms with Gasteiger partial charge in [0.25, 0.3) is 0 Å². The van der Waals surface area contributed by atoms with Gasteiger partial charge in [0.05, 0.1) is 0 Å². The Labute approximate surface area is 132 Å². The first-order chi connectivity index (χ1) is 10.7. The molecule has 22 heavy (non-hydrogen) atoms. The molecule has 3 N–H and O–H groups in total. The van der Waals surface area contributed by atoms with Crippen LogP contribution in [0.1, 0.15) is 51.9 Å². The number of carbonyl (C=O) groups excluding carboxylic acids is 2. The van der Waals surface area contributed by atoms with Crippen molar-refractivity contribution in [1.29, 1.82) is 0 Å². The number of urea groups is 1. The van der Waals surface area contributed by atoms with Crippen LogP contribution in [0.15, 0.2) is 0 Å². The molecule has 0 aromatic carbocycles. The van der Waals surface area contributed by atoms with E-state index in [1.807, 2.05) is 6.92 Å². The topological polar surface area (TPSA) is 79.5 Å². The maximum Gasteiger partial charge on any atom is 0.315 e. The van der Waals surface area contributed by atoms with E-state index in [4.69, 9.17) is 4.74 Å². The lowest BCUT2D eigenvalue weighted by Crippen LogP contribution is -2.50. The molecule has 2 rings (SSSR count). The Bertz CT molecular complexity index is 381. The molecule has 0 aromatic rings. The van der Waals surface area contributed by atoms with Crippen molar-refractivity contribution in [3.05, 3.63) is 0 Å². The van der Waals surface area contributed by atoms with E-state index in [0.717, 1.165) is 38.9 Å². The first-order valence-electron chi connectivity index (χ1n) is 8.55. The molecule has 1 aliphatic heterocycles. The van der Waals surface area contributed by atoms with E-state index in [1.165, 1.54) is 12.8 Å². The zero-order chi connectivity index (χ0) is 15.8. The van der Waals surface area contributed by atoms with Gasteiger partial charge in [0.15, 0.2) is 0 Å². The van der Waals surface area contributed by atoms with Gasteiger partial charge in [0.1, 0.15) is 0 Å². The van der Waals surface area contributed by atoms with Gasteiger partial charge < -0.3 is 20.7 Å². The van der Waals surface area contributed by atoms with Crippen LogP contribution in [0.2, 0.25) is 0 Å². The second kappa shape index (κ2) is 8.36. The molecule has 1 heterocycles. The molecule has 1 saturated carbocycles. The highest BCUT2D eigenvalue weighted by Gasteiger charge is 2.44. The van der Waals surface area contributed by atoms with Crippen LogP contribution >= 0.6 is 0 Å². The summed E-state index contributed by atoms with van der Waals surface area (Å²) in [6.07, 6.45) is 6.73. The number of nitrogens with one attached hydrogen (secondary N) is 3. The van der Waals surface area contributed by atoms with Crippen LogP contribution in [-0.4, -0.2) is 44.3 Å². The Morgan fingerprint density at radius 3 is 2.64 bits per heavy atom. The summed E-state index contributed by atoms with van der Waals surface area (Å²) in [5, 5.41) is 8.72. The van der Waals surface area contributed by atoms with E-state index >= 15 is 0 Å². The fourth-order valence-electron chi connectivity index (χ4n) is 3.59. The molecule has 2 fully saturated rings. The standard InChI is InChI=1S/C16H29N3O3/c1-2-9-17-14(20)5-10-18-15(21)19-13-4-3-6-16(13)7-11-22-12-8-16/h13H,2-12H2,1H3,(H,17,20)(H2,18,19,21)/t13-/m0/s1. The zero-order valence-electron chi connectivity index (χ0n) is 13.6. The summed E-state index contributed by atoms with van der Waals surface area (Å²) in [5.74, 6) is -0.0103. The minimum Gasteiger partial charge on any atom is -0.381 e. The smallest absolute Gasteiger partial charge is 0.315 e. The summed E-state index contributed by atoms with van der Waals surface area (Å²) in [6.45, 7) is 4.69. The van der Waals surface area contributed by atoms with Crippen molar-refractivity contribution >= 4 is 11.9 Å². The fourth-order valence-corrected chi connectivity index (χ4v) is 3.59. The third-order valence-corrected chi connectivity index (χ3v) is 4.91. The second-order valence-corrected chi connectivity index (χ2v) is 6.42. The molecule has 0 aromatic heterocycles. The van der Waals surface area contributed by atoms with Crippen LogP contribution < -0.4 is 16.0 Å². The molecule has 6 heteroatoms.